The van der Waals surface area contributed by atoms with Gasteiger partial charge in [0.05, 0.1) is 5.69 Å². The molecule has 2 aliphatic rings. The number of anilines is 1. The van der Waals surface area contributed by atoms with Crippen molar-refractivity contribution in [2.45, 2.75) is 45.1 Å². The highest BCUT2D eigenvalue weighted by molar-refractivity contribution is 5.36. The minimum atomic E-state index is 1.09. The van der Waals surface area contributed by atoms with Crippen LogP contribution < -0.4 is 5.32 Å². The number of fused-ring (bicyclic) bond motifs is 3. The Hall–Kier alpha value is -0.990. The maximum absolute atomic E-state index is 4.70. The highest BCUT2D eigenvalue weighted by Gasteiger charge is 2.20. The van der Waals surface area contributed by atoms with Crippen LogP contribution >= 0.6 is 0 Å². The van der Waals surface area contributed by atoms with Crippen LogP contribution in [0.15, 0.2) is 0 Å². The molecule has 0 saturated carbocycles. The minimum Gasteiger partial charge on any atom is -0.356 e. The van der Waals surface area contributed by atoms with Gasteiger partial charge in [-0.05, 0) is 32.1 Å². The Morgan fingerprint density at radius 1 is 1.07 bits per heavy atom. The lowest BCUT2D eigenvalue weighted by Crippen LogP contribution is -2.18. The van der Waals surface area contributed by atoms with Crippen LogP contribution in [-0.4, -0.2) is 16.1 Å². The van der Waals surface area contributed by atoms with Crippen LogP contribution in [-0.2, 0) is 19.4 Å². The highest BCUT2D eigenvalue weighted by atomic mass is 15.2. The van der Waals surface area contributed by atoms with Gasteiger partial charge >= 0.3 is 0 Å². The summed E-state index contributed by atoms with van der Waals surface area (Å²) in [5.41, 5.74) is 2.89. The Morgan fingerprint density at radius 2 is 2.00 bits per heavy atom. The lowest BCUT2D eigenvalue weighted by Gasteiger charge is -2.17. The summed E-state index contributed by atoms with van der Waals surface area (Å²) >= 11 is 0. The number of aryl methyl sites for hydroxylation is 1. The average Bonchev–Trinajstić information content (AvgIpc) is 2.42. The van der Waals surface area contributed by atoms with Gasteiger partial charge < -0.3 is 9.88 Å². The van der Waals surface area contributed by atoms with E-state index in [0.29, 0.717) is 0 Å². The second-order valence-corrected chi connectivity index (χ2v) is 4.32. The average molecular weight is 191 g/mol. The molecule has 0 amide bonds. The topological polar surface area (TPSA) is 29.9 Å². The van der Waals surface area contributed by atoms with E-state index in [4.69, 9.17) is 4.98 Å². The van der Waals surface area contributed by atoms with Gasteiger partial charge in [0.2, 0.25) is 5.95 Å². The Kier molecular flexibility index (Phi) is 1.96. The van der Waals surface area contributed by atoms with E-state index < -0.39 is 0 Å². The molecule has 2 heterocycles. The standard InChI is InChI=1S/C11H17N3/c1-2-5-9-10(6-3-1)14-8-4-7-12-11(14)13-9/h1-8H2,(H,12,13). The highest BCUT2D eigenvalue weighted by Crippen LogP contribution is 2.25. The van der Waals surface area contributed by atoms with Gasteiger partial charge in [0.1, 0.15) is 0 Å². The van der Waals surface area contributed by atoms with Gasteiger partial charge in [-0.3, -0.25) is 0 Å². The van der Waals surface area contributed by atoms with Gasteiger partial charge in [-0.15, -0.1) is 0 Å². The molecule has 0 fully saturated rings. The van der Waals surface area contributed by atoms with Crippen LogP contribution in [0.1, 0.15) is 37.1 Å². The lowest BCUT2D eigenvalue weighted by atomic mass is 10.2. The second-order valence-electron chi connectivity index (χ2n) is 4.32. The fraction of sp³-hybridized carbons (Fsp3) is 0.727. The molecule has 0 atom stereocenters. The molecule has 1 aromatic rings. The van der Waals surface area contributed by atoms with E-state index in [-0.39, 0.29) is 0 Å². The number of nitrogens with one attached hydrogen (secondary N) is 1. The van der Waals surface area contributed by atoms with E-state index in [2.05, 4.69) is 9.88 Å². The van der Waals surface area contributed by atoms with Crippen LogP contribution in [0.4, 0.5) is 5.95 Å². The Morgan fingerprint density at radius 3 is 3.00 bits per heavy atom. The third-order valence-corrected chi connectivity index (χ3v) is 3.32. The molecule has 3 nitrogen and oxygen atoms in total. The van der Waals surface area contributed by atoms with Crippen LogP contribution in [0.5, 0.6) is 0 Å². The van der Waals surface area contributed by atoms with Crippen molar-refractivity contribution in [1.82, 2.24) is 9.55 Å². The summed E-state index contributed by atoms with van der Waals surface area (Å²) in [5.74, 6) is 1.13. The van der Waals surface area contributed by atoms with Crippen molar-refractivity contribution >= 4 is 5.95 Å². The zero-order valence-corrected chi connectivity index (χ0v) is 8.55. The van der Waals surface area contributed by atoms with Crippen molar-refractivity contribution in [3.05, 3.63) is 11.4 Å². The molecule has 1 N–H and O–H groups in total. The first-order chi connectivity index (χ1) is 6.95. The maximum Gasteiger partial charge on any atom is 0.203 e. The quantitative estimate of drug-likeness (QED) is 0.635. The van der Waals surface area contributed by atoms with E-state index in [1.807, 2.05) is 0 Å². The molecule has 0 radical (unpaired) electrons. The number of imidazole rings is 1. The molecule has 0 saturated heterocycles. The van der Waals surface area contributed by atoms with Gasteiger partial charge in [0.15, 0.2) is 0 Å². The molecule has 1 aromatic heterocycles. The summed E-state index contributed by atoms with van der Waals surface area (Å²) < 4.78 is 2.41. The number of hydrogen-bond acceptors (Lipinski definition) is 2. The van der Waals surface area contributed by atoms with Crippen molar-refractivity contribution in [1.29, 1.82) is 0 Å². The van der Waals surface area contributed by atoms with Crippen molar-refractivity contribution in [3.63, 3.8) is 0 Å². The predicted octanol–water partition coefficient (Wildman–Crippen LogP) is 1.97. The number of aromatic nitrogens is 2. The normalized spacial score (nSPS) is 20.6. The fourth-order valence-electron chi connectivity index (χ4n) is 2.59. The SMILES string of the molecule is C1CCc2nc3n(c2CC1)CCCN3. The van der Waals surface area contributed by atoms with E-state index in [9.17, 15) is 0 Å². The minimum absolute atomic E-state index is 1.09. The molecule has 14 heavy (non-hydrogen) atoms. The summed E-state index contributed by atoms with van der Waals surface area (Å²) in [6, 6.07) is 0. The van der Waals surface area contributed by atoms with Gasteiger partial charge in [-0.2, -0.15) is 0 Å². The van der Waals surface area contributed by atoms with E-state index in [1.165, 1.54) is 56.5 Å². The molecule has 3 heteroatoms. The van der Waals surface area contributed by atoms with Gasteiger partial charge in [-0.1, -0.05) is 6.42 Å². The van der Waals surface area contributed by atoms with E-state index in [0.717, 1.165) is 12.5 Å². The molecular weight excluding hydrogens is 174 g/mol. The monoisotopic (exact) mass is 191 g/mol. The van der Waals surface area contributed by atoms with Crippen molar-refractivity contribution in [3.8, 4) is 0 Å². The molecule has 1 aliphatic heterocycles. The molecule has 3 rings (SSSR count). The fourth-order valence-corrected chi connectivity index (χ4v) is 2.59. The summed E-state index contributed by atoms with van der Waals surface area (Å²) in [5, 5.41) is 3.39. The van der Waals surface area contributed by atoms with Crippen LogP contribution in [0.2, 0.25) is 0 Å². The Balaban J connectivity index is 2.04. The first-order valence-electron chi connectivity index (χ1n) is 5.77. The predicted molar refractivity (Wildman–Crippen MR) is 56.6 cm³/mol. The lowest BCUT2D eigenvalue weighted by molar-refractivity contribution is 0.593. The smallest absolute Gasteiger partial charge is 0.203 e. The van der Waals surface area contributed by atoms with Crippen LogP contribution in [0.25, 0.3) is 0 Å². The summed E-state index contributed by atoms with van der Waals surface area (Å²) in [6.07, 6.45) is 7.72. The zero-order chi connectivity index (χ0) is 9.38. The van der Waals surface area contributed by atoms with Gasteiger partial charge in [0, 0.05) is 18.8 Å². The molecule has 0 aromatic carbocycles. The molecule has 1 aliphatic carbocycles. The molecule has 0 spiro atoms. The third kappa shape index (κ3) is 1.22. The van der Waals surface area contributed by atoms with Crippen LogP contribution in [0.3, 0.4) is 0 Å². The number of nitrogens with zero attached hydrogens (tertiary/aromatic N) is 2. The molecule has 0 bridgehead atoms. The molecule has 76 valence electrons. The van der Waals surface area contributed by atoms with Gasteiger partial charge in [0.25, 0.3) is 0 Å². The van der Waals surface area contributed by atoms with Crippen molar-refractivity contribution in [2.75, 3.05) is 11.9 Å². The van der Waals surface area contributed by atoms with E-state index in [1.54, 1.807) is 0 Å². The molecule has 0 unspecified atom stereocenters. The summed E-state index contributed by atoms with van der Waals surface area (Å²) in [7, 11) is 0. The Bertz CT molecular complexity index is 341. The maximum atomic E-state index is 4.70. The largest absolute Gasteiger partial charge is 0.356 e. The second kappa shape index (κ2) is 3.30. The zero-order valence-electron chi connectivity index (χ0n) is 8.55. The number of rotatable bonds is 0. The summed E-state index contributed by atoms with van der Waals surface area (Å²) in [6.45, 7) is 2.26. The molecular formula is C11H17N3. The van der Waals surface area contributed by atoms with Crippen molar-refractivity contribution in [2.24, 2.45) is 0 Å². The third-order valence-electron chi connectivity index (χ3n) is 3.32. The van der Waals surface area contributed by atoms with E-state index >= 15 is 0 Å². The van der Waals surface area contributed by atoms with Crippen molar-refractivity contribution < 1.29 is 0 Å². The Labute approximate surface area is 84.5 Å². The van der Waals surface area contributed by atoms with Crippen LogP contribution in [0, 0.1) is 0 Å². The van der Waals surface area contributed by atoms with Gasteiger partial charge in [-0.25, -0.2) is 4.98 Å². The first kappa shape index (κ1) is 8.33. The summed E-state index contributed by atoms with van der Waals surface area (Å²) in [4.78, 5) is 4.70. The number of hydrogen-bond donors (Lipinski definition) is 1. The first-order valence-corrected chi connectivity index (χ1v) is 5.77.